The van der Waals surface area contributed by atoms with E-state index in [2.05, 4.69) is 10.2 Å². The van der Waals surface area contributed by atoms with Crippen molar-refractivity contribution in [1.82, 2.24) is 9.62 Å². The third-order valence-corrected chi connectivity index (χ3v) is 6.91. The van der Waals surface area contributed by atoms with Crippen LogP contribution in [-0.2, 0) is 10.0 Å². The van der Waals surface area contributed by atoms with Crippen LogP contribution in [0.5, 0.6) is 5.75 Å². The molecule has 1 heterocycles. The highest BCUT2D eigenvalue weighted by Gasteiger charge is 2.27. The van der Waals surface area contributed by atoms with Gasteiger partial charge in [-0.25, -0.2) is 8.42 Å². The SMILES string of the molecule is COc1ccc(N2CCN(S(=O)(=O)CCNC(=O)c3cccc([N+](=O)[O-])c3)CC2)cc1. The number of hydrogen-bond donors (Lipinski definition) is 1. The monoisotopic (exact) mass is 448 g/mol. The molecule has 1 aliphatic heterocycles. The lowest BCUT2D eigenvalue weighted by Gasteiger charge is -2.35. The molecule has 2 aromatic rings. The summed E-state index contributed by atoms with van der Waals surface area (Å²) in [5, 5.41) is 13.3. The Hall–Kier alpha value is -3.18. The molecule has 166 valence electrons. The van der Waals surface area contributed by atoms with Crippen LogP contribution in [0.1, 0.15) is 10.4 Å². The minimum absolute atomic E-state index is 0.0808. The normalized spacial score (nSPS) is 14.8. The largest absolute Gasteiger partial charge is 0.497 e. The Balaban J connectivity index is 1.49. The number of nitro benzene ring substituents is 1. The Morgan fingerprint density at radius 1 is 1.13 bits per heavy atom. The van der Waals surface area contributed by atoms with E-state index in [1.165, 1.54) is 22.5 Å². The first-order valence-electron chi connectivity index (χ1n) is 9.69. The Labute approximate surface area is 180 Å². The first-order valence-corrected chi connectivity index (χ1v) is 11.3. The highest BCUT2D eigenvalue weighted by molar-refractivity contribution is 7.89. The van der Waals surface area contributed by atoms with Crippen LogP contribution < -0.4 is 15.0 Å². The number of carbonyl (C=O) groups is 1. The fourth-order valence-electron chi connectivity index (χ4n) is 3.30. The van der Waals surface area contributed by atoms with Gasteiger partial charge in [0.15, 0.2) is 0 Å². The first kappa shape index (κ1) is 22.5. The summed E-state index contributed by atoms with van der Waals surface area (Å²) in [6.45, 7) is 1.75. The number of amides is 1. The Morgan fingerprint density at radius 3 is 2.42 bits per heavy atom. The number of nitro groups is 1. The maximum absolute atomic E-state index is 12.6. The number of hydrogen-bond acceptors (Lipinski definition) is 7. The van der Waals surface area contributed by atoms with Crippen molar-refractivity contribution in [2.45, 2.75) is 0 Å². The third kappa shape index (κ3) is 5.70. The lowest BCUT2D eigenvalue weighted by atomic mass is 10.2. The summed E-state index contributed by atoms with van der Waals surface area (Å²) in [4.78, 5) is 24.5. The highest BCUT2D eigenvalue weighted by Crippen LogP contribution is 2.21. The number of carbonyl (C=O) groups excluding carboxylic acids is 1. The number of ether oxygens (including phenoxy) is 1. The molecule has 0 spiro atoms. The van der Waals surface area contributed by atoms with Crippen molar-refractivity contribution in [2.75, 3.05) is 50.5 Å². The van der Waals surface area contributed by atoms with Crippen molar-refractivity contribution >= 4 is 27.3 Å². The molecule has 1 amide bonds. The molecule has 1 N–H and O–H groups in total. The number of nitrogens with one attached hydrogen (secondary N) is 1. The standard InChI is InChI=1S/C20H24N4O6S/c1-30-19-7-5-17(6-8-19)22-10-12-23(13-11-22)31(28,29)14-9-21-20(25)16-3-2-4-18(15-16)24(26)27/h2-8,15H,9-14H2,1H3,(H,21,25). The maximum Gasteiger partial charge on any atom is 0.270 e. The molecule has 31 heavy (non-hydrogen) atoms. The van der Waals surface area contributed by atoms with Crippen LogP contribution in [0.25, 0.3) is 0 Å². The fraction of sp³-hybridized carbons (Fsp3) is 0.350. The number of nitrogens with zero attached hydrogens (tertiary/aromatic N) is 3. The van der Waals surface area contributed by atoms with Gasteiger partial charge in [-0.3, -0.25) is 14.9 Å². The lowest BCUT2D eigenvalue weighted by molar-refractivity contribution is -0.384. The molecule has 2 aromatic carbocycles. The van der Waals surface area contributed by atoms with Crippen LogP contribution >= 0.6 is 0 Å². The molecule has 0 aliphatic carbocycles. The van der Waals surface area contributed by atoms with E-state index in [1.807, 2.05) is 24.3 Å². The number of piperazine rings is 1. The summed E-state index contributed by atoms with van der Waals surface area (Å²) in [6, 6.07) is 12.9. The minimum Gasteiger partial charge on any atom is -0.497 e. The van der Waals surface area contributed by atoms with E-state index in [0.717, 1.165) is 17.5 Å². The van der Waals surface area contributed by atoms with E-state index < -0.39 is 20.9 Å². The Kier molecular flexibility index (Phi) is 7.08. The van der Waals surface area contributed by atoms with Gasteiger partial charge in [-0.15, -0.1) is 0 Å². The van der Waals surface area contributed by atoms with Crippen LogP contribution in [0, 0.1) is 10.1 Å². The van der Waals surface area contributed by atoms with Crippen LogP contribution in [0.15, 0.2) is 48.5 Å². The Morgan fingerprint density at radius 2 is 1.81 bits per heavy atom. The van der Waals surface area contributed by atoms with Gasteiger partial charge in [0, 0.05) is 56.1 Å². The molecular formula is C20H24N4O6S. The summed E-state index contributed by atoms with van der Waals surface area (Å²) in [7, 11) is -1.93. The maximum atomic E-state index is 12.6. The van der Waals surface area contributed by atoms with Crippen molar-refractivity contribution in [3.05, 3.63) is 64.2 Å². The molecule has 1 saturated heterocycles. The molecule has 0 bridgehead atoms. The van der Waals surface area contributed by atoms with Gasteiger partial charge in [-0.1, -0.05) is 6.07 Å². The van der Waals surface area contributed by atoms with Gasteiger partial charge in [0.25, 0.3) is 11.6 Å². The van der Waals surface area contributed by atoms with E-state index in [1.54, 1.807) is 7.11 Å². The summed E-state index contributed by atoms with van der Waals surface area (Å²) >= 11 is 0. The zero-order valence-corrected chi connectivity index (χ0v) is 17.9. The molecule has 0 radical (unpaired) electrons. The molecule has 10 nitrogen and oxygen atoms in total. The quantitative estimate of drug-likeness (QED) is 0.479. The molecule has 1 aliphatic rings. The number of non-ortho nitro benzene ring substituents is 1. The van der Waals surface area contributed by atoms with Gasteiger partial charge >= 0.3 is 0 Å². The molecule has 1 fully saturated rings. The van der Waals surface area contributed by atoms with Gasteiger partial charge in [-0.05, 0) is 30.3 Å². The van der Waals surface area contributed by atoms with E-state index in [0.29, 0.717) is 26.2 Å². The molecule has 0 unspecified atom stereocenters. The van der Waals surface area contributed by atoms with Gasteiger partial charge in [0.2, 0.25) is 10.0 Å². The van der Waals surface area contributed by atoms with Crippen molar-refractivity contribution in [3.63, 3.8) is 0 Å². The van der Waals surface area contributed by atoms with Gasteiger partial charge in [0.1, 0.15) is 5.75 Å². The van der Waals surface area contributed by atoms with Crippen molar-refractivity contribution in [3.8, 4) is 5.75 Å². The van der Waals surface area contributed by atoms with E-state index in [4.69, 9.17) is 4.74 Å². The number of methoxy groups -OCH3 is 1. The minimum atomic E-state index is -3.54. The fourth-order valence-corrected chi connectivity index (χ4v) is 4.64. The number of benzene rings is 2. The topological polar surface area (TPSA) is 122 Å². The average Bonchev–Trinajstić information content (AvgIpc) is 2.79. The molecule has 0 saturated carbocycles. The van der Waals surface area contributed by atoms with Crippen LogP contribution in [0.4, 0.5) is 11.4 Å². The second kappa shape index (κ2) is 9.75. The van der Waals surface area contributed by atoms with Gasteiger partial charge < -0.3 is 15.0 Å². The molecule has 11 heteroatoms. The number of rotatable bonds is 8. The summed E-state index contributed by atoms with van der Waals surface area (Å²) in [5.41, 5.74) is 0.914. The number of anilines is 1. The number of sulfonamides is 1. The summed E-state index contributed by atoms with van der Waals surface area (Å²) in [6.07, 6.45) is 0. The van der Waals surface area contributed by atoms with E-state index >= 15 is 0 Å². The second-order valence-electron chi connectivity index (χ2n) is 6.96. The van der Waals surface area contributed by atoms with Crippen molar-refractivity contribution in [1.29, 1.82) is 0 Å². The smallest absolute Gasteiger partial charge is 0.270 e. The first-order chi connectivity index (χ1) is 14.8. The average molecular weight is 449 g/mol. The van der Waals surface area contributed by atoms with Crippen molar-refractivity contribution in [2.24, 2.45) is 0 Å². The van der Waals surface area contributed by atoms with Crippen LogP contribution in [0.2, 0.25) is 0 Å². The lowest BCUT2D eigenvalue weighted by Crippen LogP contribution is -2.50. The van der Waals surface area contributed by atoms with Gasteiger partial charge in [-0.2, -0.15) is 4.31 Å². The molecule has 0 aromatic heterocycles. The summed E-state index contributed by atoms with van der Waals surface area (Å²) in [5.74, 6) is -0.0312. The third-order valence-electron chi connectivity index (χ3n) is 5.03. The van der Waals surface area contributed by atoms with Crippen LogP contribution in [0.3, 0.4) is 0 Å². The highest BCUT2D eigenvalue weighted by atomic mass is 32.2. The van der Waals surface area contributed by atoms with E-state index in [-0.39, 0.29) is 23.5 Å². The van der Waals surface area contributed by atoms with Crippen molar-refractivity contribution < 1.29 is 22.9 Å². The van der Waals surface area contributed by atoms with E-state index in [9.17, 15) is 23.3 Å². The zero-order chi connectivity index (χ0) is 22.4. The summed E-state index contributed by atoms with van der Waals surface area (Å²) < 4.78 is 31.8. The molecule has 0 atom stereocenters. The zero-order valence-electron chi connectivity index (χ0n) is 17.1. The predicted octanol–water partition coefficient (Wildman–Crippen LogP) is 1.49. The predicted molar refractivity (Wildman–Crippen MR) is 116 cm³/mol. The Bertz CT molecular complexity index is 1030. The second-order valence-corrected chi connectivity index (χ2v) is 9.05. The molecular weight excluding hydrogens is 424 g/mol. The van der Waals surface area contributed by atoms with Crippen LogP contribution in [-0.4, -0.2) is 69.1 Å². The molecule has 3 rings (SSSR count). The van der Waals surface area contributed by atoms with Gasteiger partial charge in [0.05, 0.1) is 17.8 Å².